The van der Waals surface area contributed by atoms with Gasteiger partial charge in [0.2, 0.25) is 0 Å². The Kier molecular flexibility index (Phi) is 3.54. The molecule has 90 valence electrons. The Morgan fingerprint density at radius 3 is 2.59 bits per heavy atom. The van der Waals surface area contributed by atoms with E-state index >= 15 is 0 Å². The fraction of sp³-hybridized carbons (Fsp3) is 0.385. The maximum absolute atomic E-state index is 4.63. The van der Waals surface area contributed by atoms with Gasteiger partial charge in [-0.2, -0.15) is 0 Å². The van der Waals surface area contributed by atoms with Gasteiger partial charge in [0.05, 0.1) is 11.7 Å². The summed E-state index contributed by atoms with van der Waals surface area (Å²) < 4.78 is 0. The molecule has 0 saturated carbocycles. The predicted octanol–water partition coefficient (Wildman–Crippen LogP) is 2.77. The summed E-state index contributed by atoms with van der Waals surface area (Å²) in [6.07, 6.45) is 3.74. The van der Waals surface area contributed by atoms with E-state index in [0.717, 1.165) is 10.7 Å². The van der Waals surface area contributed by atoms with Crippen molar-refractivity contribution < 1.29 is 0 Å². The SMILES string of the molecule is CNC(c1nc(C)c(C)s1)c1cnccc1C. The third-order valence-electron chi connectivity index (χ3n) is 2.97. The molecule has 17 heavy (non-hydrogen) atoms. The van der Waals surface area contributed by atoms with Gasteiger partial charge < -0.3 is 5.32 Å². The molecule has 2 aromatic rings. The van der Waals surface area contributed by atoms with Gasteiger partial charge in [-0.25, -0.2) is 4.98 Å². The third-order valence-corrected chi connectivity index (χ3v) is 4.11. The standard InChI is InChI=1S/C13H17N3S/c1-8-5-6-15-7-11(8)12(14-4)13-16-9(2)10(3)17-13/h5-7,12,14H,1-4H3. The summed E-state index contributed by atoms with van der Waals surface area (Å²) in [5.41, 5.74) is 3.56. The Balaban J connectivity index is 2.44. The minimum atomic E-state index is 0.140. The van der Waals surface area contributed by atoms with E-state index in [1.165, 1.54) is 16.0 Å². The molecule has 1 N–H and O–H groups in total. The van der Waals surface area contributed by atoms with Crippen molar-refractivity contribution in [2.45, 2.75) is 26.8 Å². The van der Waals surface area contributed by atoms with Crippen LogP contribution in [0.1, 0.15) is 32.7 Å². The molecule has 0 aliphatic heterocycles. The number of hydrogen-bond donors (Lipinski definition) is 1. The summed E-state index contributed by atoms with van der Waals surface area (Å²) in [7, 11) is 1.96. The number of aryl methyl sites for hydroxylation is 3. The average Bonchev–Trinajstić information content (AvgIpc) is 2.63. The molecular formula is C13H17N3S. The lowest BCUT2D eigenvalue weighted by molar-refractivity contribution is 0.677. The highest BCUT2D eigenvalue weighted by molar-refractivity contribution is 7.11. The molecule has 0 saturated heterocycles. The van der Waals surface area contributed by atoms with Crippen molar-refractivity contribution >= 4 is 11.3 Å². The van der Waals surface area contributed by atoms with Crippen LogP contribution in [0.4, 0.5) is 0 Å². The Hall–Kier alpha value is -1.26. The first-order chi connectivity index (χ1) is 8.13. The van der Waals surface area contributed by atoms with Gasteiger partial charge in [0.1, 0.15) is 5.01 Å². The molecule has 0 fully saturated rings. The molecule has 0 aliphatic carbocycles. The molecule has 0 amide bonds. The minimum absolute atomic E-state index is 0.140. The van der Waals surface area contributed by atoms with Gasteiger partial charge in [-0.15, -0.1) is 11.3 Å². The highest BCUT2D eigenvalue weighted by Crippen LogP contribution is 2.28. The summed E-state index contributed by atoms with van der Waals surface area (Å²) in [6, 6.07) is 2.17. The highest BCUT2D eigenvalue weighted by atomic mass is 32.1. The van der Waals surface area contributed by atoms with Crippen molar-refractivity contribution in [1.29, 1.82) is 0 Å². The fourth-order valence-corrected chi connectivity index (χ4v) is 2.86. The third kappa shape index (κ3) is 2.37. The van der Waals surface area contributed by atoms with E-state index in [1.807, 2.05) is 25.5 Å². The number of aromatic nitrogens is 2. The number of nitrogens with zero attached hydrogens (tertiary/aromatic N) is 2. The lowest BCUT2D eigenvalue weighted by atomic mass is 10.0. The van der Waals surface area contributed by atoms with Gasteiger partial charge >= 0.3 is 0 Å². The zero-order valence-electron chi connectivity index (χ0n) is 10.6. The lowest BCUT2D eigenvalue weighted by Crippen LogP contribution is -2.18. The average molecular weight is 247 g/mol. The first-order valence-electron chi connectivity index (χ1n) is 5.65. The van der Waals surface area contributed by atoms with Crippen LogP contribution in [0.15, 0.2) is 18.5 Å². The summed E-state index contributed by atoms with van der Waals surface area (Å²) >= 11 is 1.75. The molecule has 0 bridgehead atoms. The molecule has 0 aromatic carbocycles. The highest BCUT2D eigenvalue weighted by Gasteiger charge is 2.18. The molecule has 2 heterocycles. The fourth-order valence-electron chi connectivity index (χ4n) is 1.81. The van der Waals surface area contributed by atoms with Gasteiger partial charge in [-0.05, 0) is 45.0 Å². The van der Waals surface area contributed by atoms with Crippen molar-refractivity contribution in [1.82, 2.24) is 15.3 Å². The Morgan fingerprint density at radius 2 is 2.06 bits per heavy atom. The molecule has 3 nitrogen and oxygen atoms in total. The maximum Gasteiger partial charge on any atom is 0.115 e. The normalized spacial score (nSPS) is 12.7. The summed E-state index contributed by atoms with van der Waals surface area (Å²) in [6.45, 7) is 6.27. The Bertz CT molecular complexity index is 500. The van der Waals surface area contributed by atoms with Crippen LogP contribution in [0.3, 0.4) is 0 Å². The van der Waals surface area contributed by atoms with Crippen molar-refractivity contribution in [3.8, 4) is 0 Å². The van der Waals surface area contributed by atoms with Crippen molar-refractivity contribution in [3.05, 3.63) is 45.2 Å². The minimum Gasteiger partial charge on any atom is -0.307 e. The molecule has 0 spiro atoms. The second-order valence-electron chi connectivity index (χ2n) is 4.15. The quantitative estimate of drug-likeness (QED) is 0.906. The lowest BCUT2D eigenvalue weighted by Gasteiger charge is -2.15. The predicted molar refractivity (Wildman–Crippen MR) is 71.5 cm³/mol. The molecule has 4 heteroatoms. The van der Waals surface area contributed by atoms with Gasteiger partial charge in [-0.3, -0.25) is 4.98 Å². The first-order valence-corrected chi connectivity index (χ1v) is 6.47. The van der Waals surface area contributed by atoms with Crippen LogP contribution in [-0.4, -0.2) is 17.0 Å². The number of pyridine rings is 1. The second-order valence-corrected chi connectivity index (χ2v) is 5.38. The second kappa shape index (κ2) is 4.94. The van der Waals surface area contributed by atoms with Crippen molar-refractivity contribution in [2.24, 2.45) is 0 Å². The smallest absolute Gasteiger partial charge is 0.115 e. The largest absolute Gasteiger partial charge is 0.307 e. The van der Waals surface area contributed by atoms with E-state index in [0.29, 0.717) is 0 Å². The van der Waals surface area contributed by atoms with Gasteiger partial charge in [0.15, 0.2) is 0 Å². The van der Waals surface area contributed by atoms with Crippen molar-refractivity contribution in [2.75, 3.05) is 7.05 Å². The Labute approximate surface area is 106 Å². The first kappa shape index (κ1) is 12.2. The molecule has 1 atom stereocenters. The topological polar surface area (TPSA) is 37.8 Å². The van der Waals surface area contributed by atoms with Crippen LogP contribution in [0.2, 0.25) is 0 Å². The zero-order chi connectivity index (χ0) is 12.4. The summed E-state index contributed by atoms with van der Waals surface area (Å²) in [4.78, 5) is 10.1. The number of nitrogens with one attached hydrogen (secondary N) is 1. The Morgan fingerprint density at radius 1 is 1.29 bits per heavy atom. The van der Waals surface area contributed by atoms with E-state index in [1.54, 1.807) is 11.3 Å². The van der Waals surface area contributed by atoms with E-state index in [4.69, 9.17) is 0 Å². The molecular weight excluding hydrogens is 230 g/mol. The van der Waals surface area contributed by atoms with Gasteiger partial charge in [-0.1, -0.05) is 0 Å². The summed E-state index contributed by atoms with van der Waals surface area (Å²) in [5.74, 6) is 0. The molecule has 2 aromatic heterocycles. The van der Waals surface area contributed by atoms with Crippen LogP contribution in [0, 0.1) is 20.8 Å². The van der Waals surface area contributed by atoms with Crippen LogP contribution < -0.4 is 5.32 Å². The van der Waals surface area contributed by atoms with Crippen LogP contribution in [-0.2, 0) is 0 Å². The monoisotopic (exact) mass is 247 g/mol. The van der Waals surface area contributed by atoms with E-state index in [9.17, 15) is 0 Å². The van der Waals surface area contributed by atoms with Crippen molar-refractivity contribution in [3.63, 3.8) is 0 Å². The van der Waals surface area contributed by atoms with Crippen LogP contribution in [0.5, 0.6) is 0 Å². The molecule has 1 unspecified atom stereocenters. The van der Waals surface area contributed by atoms with Gasteiger partial charge in [0.25, 0.3) is 0 Å². The summed E-state index contributed by atoms with van der Waals surface area (Å²) in [5, 5.41) is 4.43. The number of thiazole rings is 1. The maximum atomic E-state index is 4.63. The van der Waals surface area contributed by atoms with E-state index < -0.39 is 0 Å². The number of rotatable bonds is 3. The molecule has 0 aliphatic rings. The molecule has 0 radical (unpaired) electrons. The van der Waals surface area contributed by atoms with Crippen LogP contribution >= 0.6 is 11.3 Å². The van der Waals surface area contributed by atoms with E-state index in [-0.39, 0.29) is 6.04 Å². The number of hydrogen-bond acceptors (Lipinski definition) is 4. The zero-order valence-corrected chi connectivity index (χ0v) is 11.4. The van der Waals surface area contributed by atoms with Crippen LogP contribution in [0.25, 0.3) is 0 Å². The van der Waals surface area contributed by atoms with Gasteiger partial charge in [0, 0.05) is 17.3 Å². The van der Waals surface area contributed by atoms with E-state index in [2.05, 4.69) is 36.1 Å². The molecule has 2 rings (SSSR count).